The first-order chi connectivity index (χ1) is 14.9. The van der Waals surface area contributed by atoms with E-state index in [0.717, 1.165) is 0 Å². The first kappa shape index (κ1) is 19.9. The van der Waals surface area contributed by atoms with Gasteiger partial charge in [0.15, 0.2) is 0 Å². The predicted octanol–water partition coefficient (Wildman–Crippen LogP) is 5.19. The van der Waals surface area contributed by atoms with Crippen LogP contribution in [0.5, 0.6) is 0 Å². The summed E-state index contributed by atoms with van der Waals surface area (Å²) in [4.78, 5) is 0. The van der Waals surface area contributed by atoms with Crippen LogP contribution in [-0.4, -0.2) is 24.5 Å². The molecule has 0 amide bonds. The summed E-state index contributed by atoms with van der Waals surface area (Å²) in [6.45, 7) is 0. The molecule has 30 heavy (non-hydrogen) atoms. The molecule has 1 heterocycles. The monoisotopic (exact) mass is 416 g/mol. The fourth-order valence-electron chi connectivity index (χ4n) is 5.79. The van der Waals surface area contributed by atoms with Crippen LogP contribution >= 0.6 is 0 Å². The Balaban J connectivity index is 1.79. The van der Waals surface area contributed by atoms with Gasteiger partial charge in [-0.3, -0.25) is 0 Å². The predicted molar refractivity (Wildman–Crippen MR) is 131 cm³/mol. The summed E-state index contributed by atoms with van der Waals surface area (Å²) in [6.07, 6.45) is 2.59. The lowest BCUT2D eigenvalue weighted by atomic mass is 9.86. The Labute approximate surface area is 187 Å². The molecule has 4 aromatic carbocycles. The molecule has 5 rings (SSSR count). The molecule has 4 aromatic rings. The van der Waals surface area contributed by atoms with Gasteiger partial charge in [0.05, 0.1) is 0 Å². The SMILES string of the molecule is c1cc[c]([Al]2[CH2]CC[C](c3ccccc3)(c3ccccc3)[Al]2[c]2ccccc2)cc1. The standard InChI is InChI=1S/C16H16.2C6H5.2Al/c1-2-9-16(14-10-5-3-6-11-14)15-12-7-4-8-13-15;2*1-2-4-6-5-3-1;;/h3-8,10-13H,1-2,9H2;2*1-5H;;. The minimum Gasteiger partial charge on any atom is -0.124 e. The Bertz CT molecular complexity index is 1020. The van der Waals surface area contributed by atoms with Crippen LogP contribution in [0.1, 0.15) is 24.0 Å². The molecule has 0 aromatic heterocycles. The van der Waals surface area contributed by atoms with Crippen LogP contribution < -0.4 is 8.85 Å². The van der Waals surface area contributed by atoms with E-state index in [2.05, 4.69) is 121 Å². The summed E-state index contributed by atoms with van der Waals surface area (Å²) in [7, 11) is 0. The summed E-state index contributed by atoms with van der Waals surface area (Å²) in [5.74, 6) is 0. The molecule has 0 aliphatic carbocycles. The van der Waals surface area contributed by atoms with Gasteiger partial charge in [0, 0.05) is 0 Å². The van der Waals surface area contributed by atoms with Crippen molar-refractivity contribution < 1.29 is 0 Å². The summed E-state index contributed by atoms with van der Waals surface area (Å²) >= 11 is -2.54. The average molecular weight is 416 g/mol. The van der Waals surface area contributed by atoms with Crippen molar-refractivity contribution in [2.24, 2.45) is 0 Å². The Morgan fingerprint density at radius 1 is 0.500 bits per heavy atom. The van der Waals surface area contributed by atoms with E-state index in [1.54, 1.807) is 8.85 Å². The molecule has 1 aliphatic heterocycles. The van der Waals surface area contributed by atoms with Crippen molar-refractivity contribution in [3.05, 3.63) is 132 Å². The van der Waals surface area contributed by atoms with Crippen LogP contribution in [0.25, 0.3) is 0 Å². The minimum atomic E-state index is -1.39. The zero-order valence-electron chi connectivity index (χ0n) is 17.3. The molecule has 0 N–H and O–H groups in total. The van der Waals surface area contributed by atoms with Crippen molar-refractivity contribution in [3.63, 3.8) is 0 Å². The van der Waals surface area contributed by atoms with Crippen LogP contribution in [0.4, 0.5) is 0 Å². The van der Waals surface area contributed by atoms with E-state index < -0.39 is 24.5 Å². The molecule has 0 bridgehead atoms. The molecule has 0 atom stereocenters. The maximum Gasteiger partial charge on any atom is 0.272 e. The Hall–Kier alpha value is -2.06. The molecule has 0 saturated carbocycles. The Morgan fingerprint density at radius 3 is 1.43 bits per heavy atom. The maximum absolute atomic E-state index is 2.44. The van der Waals surface area contributed by atoms with Gasteiger partial charge in [-0.2, -0.15) is 0 Å². The third kappa shape index (κ3) is 3.60. The minimum absolute atomic E-state index is 0.162. The normalized spacial score (nSPS) is 15.7. The zero-order chi connectivity index (χ0) is 20.2. The number of hydrogen-bond acceptors (Lipinski definition) is 0. The lowest BCUT2D eigenvalue weighted by Gasteiger charge is -2.46. The van der Waals surface area contributed by atoms with E-state index in [9.17, 15) is 0 Å². The lowest BCUT2D eigenvalue weighted by Crippen LogP contribution is -2.66. The van der Waals surface area contributed by atoms with E-state index in [1.807, 2.05) is 0 Å². The average Bonchev–Trinajstić information content (AvgIpc) is 2.85. The molecule has 1 aliphatic rings. The molecule has 1 saturated heterocycles. The molecule has 1 fully saturated rings. The van der Waals surface area contributed by atoms with E-state index >= 15 is 0 Å². The first-order valence-corrected chi connectivity index (χ1v) is 16.3. The van der Waals surface area contributed by atoms with Crippen molar-refractivity contribution in [3.8, 4) is 0 Å². The van der Waals surface area contributed by atoms with E-state index in [1.165, 1.54) is 29.3 Å². The largest absolute Gasteiger partial charge is 0.272 e. The second kappa shape index (κ2) is 8.98. The molecular formula is C28H26Al2. The van der Waals surface area contributed by atoms with Gasteiger partial charge in [0.2, 0.25) is 0 Å². The Kier molecular flexibility index (Phi) is 5.95. The molecular weight excluding hydrogens is 390 g/mol. The summed E-state index contributed by atoms with van der Waals surface area (Å²) in [5, 5.41) is 1.43. The van der Waals surface area contributed by atoms with Crippen LogP contribution in [0.15, 0.2) is 121 Å². The highest BCUT2D eigenvalue weighted by molar-refractivity contribution is 7.34. The van der Waals surface area contributed by atoms with Crippen molar-refractivity contribution in [1.82, 2.24) is 0 Å². The van der Waals surface area contributed by atoms with Crippen LogP contribution in [0.3, 0.4) is 0 Å². The van der Waals surface area contributed by atoms with Gasteiger partial charge in [-0.1, -0.05) is 151 Å². The molecule has 0 unspecified atom stereocenters. The third-order valence-electron chi connectivity index (χ3n) is 6.98. The van der Waals surface area contributed by atoms with E-state index in [0.29, 0.717) is 0 Å². The van der Waals surface area contributed by atoms with Crippen molar-refractivity contribution >= 4 is 33.3 Å². The summed E-state index contributed by atoms with van der Waals surface area (Å²) < 4.78 is 3.47. The molecule has 0 spiro atoms. The van der Waals surface area contributed by atoms with Crippen molar-refractivity contribution in [1.29, 1.82) is 0 Å². The fraction of sp³-hybridized carbons (Fsp3) is 0.143. The first-order valence-electron chi connectivity index (χ1n) is 11.1. The highest BCUT2D eigenvalue weighted by Gasteiger charge is 2.54. The van der Waals surface area contributed by atoms with Gasteiger partial charge in [0.1, 0.15) is 0 Å². The highest BCUT2D eigenvalue weighted by Crippen LogP contribution is 2.43. The summed E-state index contributed by atoms with van der Waals surface area (Å²) in [5.41, 5.74) is 3.06. The smallest absolute Gasteiger partial charge is 0.124 e. The van der Waals surface area contributed by atoms with Crippen molar-refractivity contribution in [2.75, 3.05) is 0 Å². The fourth-order valence-corrected chi connectivity index (χ4v) is 21.5. The lowest BCUT2D eigenvalue weighted by molar-refractivity contribution is 0.611. The van der Waals surface area contributed by atoms with E-state index in [-0.39, 0.29) is 4.28 Å². The van der Waals surface area contributed by atoms with Crippen molar-refractivity contribution in [2.45, 2.75) is 22.4 Å². The van der Waals surface area contributed by atoms with Crippen LogP contribution in [-0.2, 0) is 4.28 Å². The third-order valence-corrected chi connectivity index (χ3v) is 20.6. The maximum atomic E-state index is 2.44. The van der Waals surface area contributed by atoms with Gasteiger partial charge in [0.25, 0.3) is 24.5 Å². The quantitative estimate of drug-likeness (QED) is 0.402. The zero-order valence-corrected chi connectivity index (χ0v) is 19.6. The molecule has 144 valence electrons. The van der Waals surface area contributed by atoms with Gasteiger partial charge in [-0.05, 0) is 4.28 Å². The molecule has 0 radical (unpaired) electrons. The van der Waals surface area contributed by atoms with Gasteiger partial charge < -0.3 is 0 Å². The highest BCUT2D eigenvalue weighted by atomic mass is 28.1. The van der Waals surface area contributed by atoms with Crippen LogP contribution in [0, 0.1) is 0 Å². The van der Waals surface area contributed by atoms with Gasteiger partial charge in [-0.15, -0.1) is 8.85 Å². The van der Waals surface area contributed by atoms with Gasteiger partial charge >= 0.3 is 0 Å². The molecule has 2 heteroatoms. The van der Waals surface area contributed by atoms with Gasteiger partial charge in [-0.25, -0.2) is 0 Å². The second-order valence-corrected chi connectivity index (χ2v) is 18.0. The van der Waals surface area contributed by atoms with E-state index in [4.69, 9.17) is 0 Å². The molecule has 0 nitrogen and oxygen atoms in total. The summed E-state index contributed by atoms with van der Waals surface area (Å²) in [6, 6.07) is 46.0. The second-order valence-electron chi connectivity index (χ2n) is 8.50. The number of rotatable bonds is 4. The van der Waals surface area contributed by atoms with Crippen LogP contribution in [0.2, 0.25) is 5.28 Å². The topological polar surface area (TPSA) is 0 Å². The Morgan fingerprint density at radius 2 is 0.933 bits per heavy atom. The number of hydrogen-bond donors (Lipinski definition) is 0. The number of benzene rings is 4.